The summed E-state index contributed by atoms with van der Waals surface area (Å²) in [5, 5.41) is 0. The average molecular weight is 363 g/mol. The van der Waals surface area contributed by atoms with Gasteiger partial charge in [-0.05, 0) is 92.8 Å². The van der Waals surface area contributed by atoms with Crippen LogP contribution in [0.25, 0.3) is 0 Å². The Hall–Kier alpha value is -0.370. The van der Waals surface area contributed by atoms with E-state index in [-0.39, 0.29) is 21.6 Å². The maximum atomic E-state index is 12.3. The summed E-state index contributed by atoms with van der Waals surface area (Å²) in [6, 6.07) is 0. The minimum atomic E-state index is -0.240. The van der Waals surface area contributed by atoms with E-state index >= 15 is 0 Å². The van der Waals surface area contributed by atoms with Gasteiger partial charge in [0.1, 0.15) is 11.6 Å². The van der Waals surface area contributed by atoms with Crippen molar-refractivity contribution in [2.75, 3.05) is 0 Å². The third-order valence-electron chi connectivity index (χ3n) is 9.91. The highest BCUT2D eigenvalue weighted by molar-refractivity contribution is 6.26. The minimum Gasteiger partial charge on any atom is -0.300 e. The van der Waals surface area contributed by atoms with Gasteiger partial charge in [-0.3, -0.25) is 9.59 Å². The second-order valence-electron chi connectivity index (χ2n) is 10.4. The van der Waals surface area contributed by atoms with Gasteiger partial charge in [0.2, 0.25) is 0 Å². The van der Waals surface area contributed by atoms with Crippen molar-refractivity contribution in [2.45, 2.75) is 82.9 Å². The van der Waals surface area contributed by atoms with Crippen LogP contribution >= 0.6 is 11.6 Å². The molecule has 0 saturated heterocycles. The Morgan fingerprint density at radius 3 is 2.64 bits per heavy atom. The molecule has 5 aliphatic rings. The number of rotatable bonds is 1. The van der Waals surface area contributed by atoms with E-state index in [1.807, 2.05) is 6.92 Å². The second-order valence-corrected chi connectivity index (χ2v) is 11.0. The first-order valence-electron chi connectivity index (χ1n) is 10.5. The number of hydrogen-bond acceptors (Lipinski definition) is 2. The smallest absolute Gasteiger partial charge is 0.134 e. The highest BCUT2D eigenvalue weighted by atomic mass is 35.5. The Balaban J connectivity index is 1.53. The van der Waals surface area contributed by atoms with Crippen molar-refractivity contribution in [1.29, 1.82) is 0 Å². The summed E-state index contributed by atoms with van der Waals surface area (Å²) >= 11 is 7.33. The molecular weight excluding hydrogens is 332 g/mol. The fourth-order valence-electron chi connectivity index (χ4n) is 8.95. The van der Waals surface area contributed by atoms with Crippen LogP contribution in [0.1, 0.15) is 78.1 Å². The molecular formula is C22H31ClO2. The summed E-state index contributed by atoms with van der Waals surface area (Å²) in [5.74, 6) is 3.76. The molecule has 3 heteroatoms. The number of Topliss-reactive ketones (excluding diaryl/α,β-unsaturated/α-hetero) is 2. The monoisotopic (exact) mass is 362 g/mol. The van der Waals surface area contributed by atoms with Crippen LogP contribution in [0.5, 0.6) is 0 Å². The van der Waals surface area contributed by atoms with Gasteiger partial charge in [0, 0.05) is 18.8 Å². The van der Waals surface area contributed by atoms with Gasteiger partial charge in [-0.15, -0.1) is 11.6 Å². The molecule has 2 nitrogen and oxygen atoms in total. The van der Waals surface area contributed by atoms with Crippen LogP contribution in [0.3, 0.4) is 0 Å². The van der Waals surface area contributed by atoms with Crippen molar-refractivity contribution in [3.05, 3.63) is 0 Å². The van der Waals surface area contributed by atoms with Gasteiger partial charge in [-0.2, -0.15) is 0 Å². The van der Waals surface area contributed by atoms with Gasteiger partial charge in [0.15, 0.2) is 0 Å². The maximum Gasteiger partial charge on any atom is 0.134 e. The molecule has 8 atom stereocenters. The van der Waals surface area contributed by atoms with Crippen LogP contribution in [-0.2, 0) is 9.59 Å². The lowest BCUT2D eigenvalue weighted by Crippen LogP contribution is -2.61. The van der Waals surface area contributed by atoms with Crippen LogP contribution in [0.2, 0.25) is 0 Å². The summed E-state index contributed by atoms with van der Waals surface area (Å²) in [6.07, 6.45) is 10.9. The molecule has 0 aliphatic heterocycles. The van der Waals surface area contributed by atoms with E-state index in [0.717, 1.165) is 25.2 Å². The molecule has 138 valence electrons. The highest BCUT2D eigenvalue weighted by Gasteiger charge is 2.71. The topological polar surface area (TPSA) is 34.1 Å². The van der Waals surface area contributed by atoms with E-state index < -0.39 is 0 Å². The van der Waals surface area contributed by atoms with Gasteiger partial charge in [0.05, 0.1) is 4.87 Å². The highest BCUT2D eigenvalue weighted by Crippen LogP contribution is 2.75. The van der Waals surface area contributed by atoms with Gasteiger partial charge >= 0.3 is 0 Å². The summed E-state index contributed by atoms with van der Waals surface area (Å²) in [7, 11) is 0. The zero-order chi connectivity index (χ0) is 17.6. The zero-order valence-electron chi connectivity index (χ0n) is 15.7. The SMILES string of the molecule is CC(=O)[C@H]1CC[C@H]2[C@@H]3C[C@@H]4CC[C@@]5(CCC(=O)C[C@]45Cl)[C@H]3CC[C@]12C. The van der Waals surface area contributed by atoms with E-state index in [2.05, 4.69) is 6.92 Å². The first-order chi connectivity index (χ1) is 11.8. The van der Waals surface area contributed by atoms with Gasteiger partial charge in [0.25, 0.3) is 0 Å². The van der Waals surface area contributed by atoms with Crippen molar-refractivity contribution in [3.63, 3.8) is 0 Å². The number of alkyl halides is 1. The first kappa shape index (κ1) is 16.8. The van der Waals surface area contributed by atoms with Crippen molar-refractivity contribution >= 4 is 23.2 Å². The third-order valence-corrected chi connectivity index (χ3v) is 10.7. The standard InChI is InChI=1S/C22H31ClO2/c1-13(24)17-3-4-18-16-11-14-5-9-21(19(16)7-8-20(17,18)2)10-6-15(25)12-22(14,21)23/h14,16-19H,3-12H2,1-2H3/t14-,16-,17+,18-,19-,20+,21+,22-/m0/s1. The summed E-state index contributed by atoms with van der Waals surface area (Å²) < 4.78 is 0. The molecule has 5 rings (SSSR count). The Morgan fingerprint density at radius 2 is 1.88 bits per heavy atom. The second kappa shape index (κ2) is 5.12. The van der Waals surface area contributed by atoms with Crippen molar-refractivity contribution < 1.29 is 9.59 Å². The number of halogens is 1. The Labute approximate surface area is 156 Å². The lowest BCUT2D eigenvalue weighted by atomic mass is 9.44. The number of hydrogen-bond donors (Lipinski definition) is 0. The van der Waals surface area contributed by atoms with Crippen LogP contribution in [0.15, 0.2) is 0 Å². The molecule has 0 spiro atoms. The molecule has 0 heterocycles. The van der Waals surface area contributed by atoms with Crippen molar-refractivity contribution in [3.8, 4) is 0 Å². The molecule has 0 aromatic carbocycles. The quantitative estimate of drug-likeness (QED) is 0.603. The molecule has 0 unspecified atom stereocenters. The Morgan fingerprint density at radius 1 is 1.08 bits per heavy atom. The predicted molar refractivity (Wildman–Crippen MR) is 98.4 cm³/mol. The van der Waals surface area contributed by atoms with Crippen LogP contribution in [0.4, 0.5) is 0 Å². The summed E-state index contributed by atoms with van der Waals surface area (Å²) in [4.78, 5) is 24.3. The van der Waals surface area contributed by atoms with E-state index in [0.29, 0.717) is 35.7 Å². The first-order valence-corrected chi connectivity index (χ1v) is 10.9. The number of ketones is 2. The van der Waals surface area contributed by atoms with Crippen molar-refractivity contribution in [2.24, 2.45) is 40.4 Å². The molecule has 0 aromatic heterocycles. The molecule has 5 saturated carbocycles. The van der Waals surface area contributed by atoms with Crippen LogP contribution < -0.4 is 0 Å². The fraction of sp³-hybridized carbons (Fsp3) is 0.909. The predicted octanol–water partition coefficient (Wildman–Crippen LogP) is 5.16. The number of carbonyl (C=O) groups excluding carboxylic acids is 2. The maximum absolute atomic E-state index is 12.3. The van der Waals surface area contributed by atoms with Crippen molar-refractivity contribution in [1.82, 2.24) is 0 Å². The molecule has 5 aliphatic carbocycles. The van der Waals surface area contributed by atoms with E-state index in [1.54, 1.807) is 0 Å². The van der Waals surface area contributed by atoms with E-state index in [4.69, 9.17) is 11.6 Å². The lowest BCUT2D eigenvalue weighted by molar-refractivity contribution is -0.140. The molecule has 5 fully saturated rings. The normalized spacial score (nSPS) is 56.9. The molecule has 25 heavy (non-hydrogen) atoms. The van der Waals surface area contributed by atoms with Crippen LogP contribution in [-0.4, -0.2) is 16.4 Å². The Bertz CT molecular complexity index is 644. The largest absolute Gasteiger partial charge is 0.300 e. The summed E-state index contributed by atoms with van der Waals surface area (Å²) in [6.45, 7) is 4.23. The van der Waals surface area contributed by atoms with Gasteiger partial charge < -0.3 is 0 Å². The van der Waals surface area contributed by atoms with Gasteiger partial charge in [-0.25, -0.2) is 0 Å². The molecule has 0 N–H and O–H groups in total. The molecule has 2 bridgehead atoms. The minimum absolute atomic E-state index is 0.214. The third kappa shape index (κ3) is 1.88. The molecule has 0 radical (unpaired) electrons. The Kier molecular flexibility index (Phi) is 3.43. The number of fused-ring (bicyclic) bond motifs is 3. The van der Waals surface area contributed by atoms with E-state index in [1.165, 1.54) is 38.5 Å². The number of carbonyl (C=O) groups is 2. The van der Waals surface area contributed by atoms with Gasteiger partial charge in [-0.1, -0.05) is 6.92 Å². The summed E-state index contributed by atoms with van der Waals surface area (Å²) in [5.41, 5.74) is 0.436. The zero-order valence-corrected chi connectivity index (χ0v) is 16.4. The van der Waals surface area contributed by atoms with E-state index in [9.17, 15) is 9.59 Å². The lowest BCUT2D eigenvalue weighted by Gasteiger charge is -2.63. The molecule has 0 aromatic rings. The average Bonchev–Trinajstić information content (AvgIpc) is 2.97. The fourth-order valence-corrected chi connectivity index (χ4v) is 9.62. The van der Waals surface area contributed by atoms with Crippen LogP contribution in [0, 0.1) is 40.4 Å². The molecule has 0 amide bonds.